The Morgan fingerprint density at radius 2 is 1.72 bits per heavy atom. The number of nitrogens with one attached hydrogen (secondary N) is 2. The second-order valence-electron chi connectivity index (χ2n) is 8.32. The normalized spacial score (nSPS) is 13.5. The molecule has 1 heterocycles. The fourth-order valence-electron chi connectivity index (χ4n) is 4.01. The van der Waals surface area contributed by atoms with Gasteiger partial charge < -0.3 is 26.0 Å². The monoisotopic (exact) mass is 484 g/mol. The third kappa shape index (κ3) is 5.29. The second-order valence-corrected chi connectivity index (χ2v) is 8.32. The molecule has 0 saturated carbocycles. The summed E-state index contributed by atoms with van der Waals surface area (Å²) < 4.78 is 5.09. The Balaban J connectivity index is 1.71. The number of benzene rings is 3. The molecule has 0 spiro atoms. The number of carbonyl (C=O) groups is 3. The Morgan fingerprint density at radius 1 is 1.00 bits per heavy atom. The van der Waals surface area contributed by atoms with Crippen molar-refractivity contribution >= 4 is 46.0 Å². The number of carbonyl (C=O) groups excluding carboxylic acids is 3. The van der Waals surface area contributed by atoms with E-state index in [0.717, 1.165) is 16.9 Å². The van der Waals surface area contributed by atoms with E-state index in [0.29, 0.717) is 28.1 Å². The second kappa shape index (κ2) is 10.9. The minimum Gasteiger partial charge on any atom is -0.462 e. The average molecular weight is 485 g/mol. The van der Waals surface area contributed by atoms with Gasteiger partial charge in [0.05, 0.1) is 42.2 Å². The van der Waals surface area contributed by atoms with Crippen molar-refractivity contribution in [3.05, 3.63) is 89.5 Å². The van der Waals surface area contributed by atoms with Crippen LogP contribution in [-0.4, -0.2) is 44.4 Å². The highest BCUT2D eigenvalue weighted by molar-refractivity contribution is 6.37. The molecule has 3 aromatic rings. The van der Waals surface area contributed by atoms with Gasteiger partial charge in [0.1, 0.15) is 0 Å². The highest BCUT2D eigenvalue weighted by Gasteiger charge is 2.29. The van der Waals surface area contributed by atoms with Crippen molar-refractivity contribution in [2.45, 2.75) is 6.92 Å². The largest absolute Gasteiger partial charge is 0.462 e. The molecule has 4 N–H and O–H groups in total. The SMILES string of the molecule is CCOC(=O)c1ccc2c(c1)NC(=O)C2=C(Nc1ccc(N(C)CC(=O)CN)cc1)c1ccccc1. The molecule has 36 heavy (non-hydrogen) atoms. The van der Waals surface area contributed by atoms with E-state index in [4.69, 9.17) is 10.5 Å². The fraction of sp³-hybridized carbons (Fsp3) is 0.179. The third-order valence-electron chi connectivity index (χ3n) is 5.81. The fourth-order valence-corrected chi connectivity index (χ4v) is 4.01. The zero-order valence-electron chi connectivity index (χ0n) is 20.2. The Morgan fingerprint density at radius 3 is 2.39 bits per heavy atom. The maximum absolute atomic E-state index is 13.1. The number of nitrogens with two attached hydrogens (primary N) is 1. The van der Waals surface area contributed by atoms with Gasteiger partial charge in [-0.1, -0.05) is 36.4 Å². The number of anilines is 3. The van der Waals surface area contributed by atoms with Gasteiger partial charge in [0.25, 0.3) is 5.91 Å². The first-order valence-corrected chi connectivity index (χ1v) is 11.6. The molecule has 1 aliphatic heterocycles. The number of ketones is 1. The number of likely N-dealkylation sites (N-methyl/N-ethyl adjacent to an activating group) is 1. The molecule has 8 heteroatoms. The van der Waals surface area contributed by atoms with Crippen molar-refractivity contribution in [1.29, 1.82) is 0 Å². The van der Waals surface area contributed by atoms with Crippen LogP contribution < -0.4 is 21.3 Å². The van der Waals surface area contributed by atoms with E-state index in [1.807, 2.05) is 66.5 Å². The number of fused-ring (bicyclic) bond motifs is 1. The molecule has 1 aliphatic rings. The van der Waals surface area contributed by atoms with Gasteiger partial charge >= 0.3 is 5.97 Å². The first kappa shape index (κ1) is 24.7. The van der Waals surface area contributed by atoms with Gasteiger partial charge in [0.15, 0.2) is 5.78 Å². The summed E-state index contributed by atoms with van der Waals surface area (Å²) in [6, 6.07) is 22.2. The zero-order valence-corrected chi connectivity index (χ0v) is 20.2. The molecule has 0 unspecified atom stereocenters. The van der Waals surface area contributed by atoms with Crippen molar-refractivity contribution in [2.24, 2.45) is 5.73 Å². The molecule has 0 bridgehead atoms. The number of nitrogens with zero attached hydrogens (tertiary/aromatic N) is 1. The van der Waals surface area contributed by atoms with Crippen LogP contribution in [0, 0.1) is 0 Å². The van der Waals surface area contributed by atoms with Crippen LogP contribution in [0.5, 0.6) is 0 Å². The average Bonchev–Trinajstić information content (AvgIpc) is 3.22. The molecule has 4 rings (SSSR count). The summed E-state index contributed by atoms with van der Waals surface area (Å²) in [5, 5.41) is 6.28. The van der Waals surface area contributed by atoms with Gasteiger partial charge in [0.2, 0.25) is 0 Å². The number of ether oxygens (including phenoxy) is 1. The molecule has 0 atom stereocenters. The molecule has 0 radical (unpaired) electrons. The maximum Gasteiger partial charge on any atom is 0.338 e. The lowest BCUT2D eigenvalue weighted by Crippen LogP contribution is -2.29. The molecule has 0 aliphatic carbocycles. The molecule has 184 valence electrons. The number of hydrogen-bond donors (Lipinski definition) is 3. The highest BCUT2D eigenvalue weighted by atomic mass is 16.5. The van der Waals surface area contributed by atoms with Gasteiger partial charge in [-0.2, -0.15) is 0 Å². The standard InChI is InChI=1S/C28H28N4O4/c1-3-36-28(35)19-9-14-23-24(15-19)31-27(34)25(23)26(18-7-5-4-6-8-18)30-20-10-12-21(13-11-20)32(2)17-22(33)16-29/h4-15,30H,3,16-17,29H2,1-2H3,(H,31,34). The topological polar surface area (TPSA) is 114 Å². The third-order valence-corrected chi connectivity index (χ3v) is 5.81. The summed E-state index contributed by atoms with van der Waals surface area (Å²) in [5.74, 6) is -0.756. The molecule has 0 fully saturated rings. The van der Waals surface area contributed by atoms with Crippen LogP contribution >= 0.6 is 0 Å². The number of esters is 1. The van der Waals surface area contributed by atoms with Crippen molar-refractivity contribution in [3.63, 3.8) is 0 Å². The van der Waals surface area contributed by atoms with Gasteiger partial charge in [0, 0.05) is 24.0 Å². The lowest BCUT2D eigenvalue weighted by Gasteiger charge is -2.19. The van der Waals surface area contributed by atoms with Crippen LogP contribution in [0.3, 0.4) is 0 Å². The first-order valence-electron chi connectivity index (χ1n) is 11.6. The summed E-state index contributed by atoms with van der Waals surface area (Å²) in [4.78, 5) is 38.8. The summed E-state index contributed by atoms with van der Waals surface area (Å²) in [6.45, 7) is 2.25. The molecule has 0 aromatic heterocycles. The van der Waals surface area contributed by atoms with Crippen molar-refractivity contribution < 1.29 is 19.1 Å². The Bertz CT molecular complexity index is 1320. The van der Waals surface area contributed by atoms with Gasteiger partial charge in [-0.15, -0.1) is 0 Å². The van der Waals surface area contributed by atoms with Crippen LogP contribution in [-0.2, 0) is 14.3 Å². The van der Waals surface area contributed by atoms with E-state index < -0.39 is 5.97 Å². The van der Waals surface area contributed by atoms with E-state index in [9.17, 15) is 14.4 Å². The van der Waals surface area contributed by atoms with Gasteiger partial charge in [-0.05, 0) is 48.9 Å². The van der Waals surface area contributed by atoms with Crippen molar-refractivity contribution in [3.8, 4) is 0 Å². The number of Topliss-reactive ketones (excluding diaryl/α,β-unsaturated/α-hetero) is 1. The van der Waals surface area contributed by atoms with E-state index in [-0.39, 0.29) is 31.4 Å². The van der Waals surface area contributed by atoms with Crippen molar-refractivity contribution in [2.75, 3.05) is 42.3 Å². The summed E-state index contributed by atoms with van der Waals surface area (Å²) in [5.41, 5.74) is 10.6. The van der Waals surface area contributed by atoms with Crippen LogP contribution in [0.25, 0.3) is 11.3 Å². The van der Waals surface area contributed by atoms with Crippen molar-refractivity contribution in [1.82, 2.24) is 0 Å². The Hall–Kier alpha value is -4.43. The van der Waals surface area contributed by atoms with Crippen LogP contribution in [0.4, 0.5) is 17.1 Å². The highest BCUT2D eigenvalue weighted by Crippen LogP contribution is 2.38. The molecule has 3 aromatic carbocycles. The minimum absolute atomic E-state index is 0.00278. The van der Waals surface area contributed by atoms with E-state index in [1.54, 1.807) is 25.1 Å². The zero-order chi connectivity index (χ0) is 25.7. The summed E-state index contributed by atoms with van der Waals surface area (Å²) in [7, 11) is 1.83. The summed E-state index contributed by atoms with van der Waals surface area (Å²) in [6.07, 6.45) is 0. The lowest BCUT2D eigenvalue weighted by molar-refractivity contribution is -0.116. The number of hydrogen-bond acceptors (Lipinski definition) is 7. The predicted octanol–water partition coefficient (Wildman–Crippen LogP) is 3.76. The van der Waals surface area contributed by atoms with E-state index in [2.05, 4.69) is 10.6 Å². The van der Waals surface area contributed by atoms with Crippen LogP contribution in [0.1, 0.15) is 28.4 Å². The number of amides is 1. The van der Waals surface area contributed by atoms with E-state index in [1.165, 1.54) is 0 Å². The Kier molecular flexibility index (Phi) is 7.46. The molecular weight excluding hydrogens is 456 g/mol. The molecule has 8 nitrogen and oxygen atoms in total. The summed E-state index contributed by atoms with van der Waals surface area (Å²) >= 11 is 0. The smallest absolute Gasteiger partial charge is 0.338 e. The molecule has 1 amide bonds. The molecule has 0 saturated heterocycles. The maximum atomic E-state index is 13.1. The van der Waals surface area contributed by atoms with Crippen LogP contribution in [0.2, 0.25) is 0 Å². The van der Waals surface area contributed by atoms with E-state index >= 15 is 0 Å². The number of rotatable bonds is 9. The first-order chi connectivity index (χ1) is 17.4. The Labute approximate surface area is 209 Å². The predicted molar refractivity (Wildman–Crippen MR) is 142 cm³/mol. The van der Waals surface area contributed by atoms with Gasteiger partial charge in [-0.25, -0.2) is 4.79 Å². The van der Waals surface area contributed by atoms with Gasteiger partial charge in [-0.3, -0.25) is 9.59 Å². The minimum atomic E-state index is -0.438. The quantitative estimate of drug-likeness (QED) is 0.313. The van der Waals surface area contributed by atoms with Crippen LogP contribution in [0.15, 0.2) is 72.8 Å². The molecular formula is C28H28N4O4. The lowest BCUT2D eigenvalue weighted by atomic mass is 9.99.